The molecule has 3 heterocycles. The molecule has 4 aromatic rings. The normalized spacial score (nSPS) is 30.3. The van der Waals surface area contributed by atoms with E-state index in [1.807, 2.05) is 48.5 Å². The van der Waals surface area contributed by atoms with Crippen LogP contribution >= 0.6 is 0 Å². The summed E-state index contributed by atoms with van der Waals surface area (Å²) in [5.74, 6) is -11.5. The topological polar surface area (TPSA) is 377 Å². The van der Waals surface area contributed by atoms with Gasteiger partial charge in [0.25, 0.3) is 7.34 Å². The Morgan fingerprint density at radius 3 is 1.88 bits per heavy atom. The summed E-state index contributed by atoms with van der Waals surface area (Å²) in [5.41, 5.74) is 2.61. The number of carbonyl (C=O) groups excluding carboxylic acids is 7. The van der Waals surface area contributed by atoms with Gasteiger partial charge in [0.1, 0.15) is 66.1 Å². The third kappa shape index (κ3) is 14.7. The molecule has 3 fully saturated rings. The van der Waals surface area contributed by atoms with Gasteiger partial charge in [-0.3, -0.25) is 33.6 Å². The number of amides is 7. The van der Waals surface area contributed by atoms with Gasteiger partial charge in [-0.15, -0.1) is 0 Å². The molecule has 14 N–H and O–H groups in total. The Labute approximate surface area is 493 Å². The van der Waals surface area contributed by atoms with Gasteiger partial charge >= 0.3 is 0 Å². The molecule has 0 saturated carbocycles. The van der Waals surface area contributed by atoms with Crippen LogP contribution in [0.15, 0.2) is 97.1 Å². The Hall–Kier alpha value is -7.55. The molecule has 7 amide bonds. The second-order valence-electron chi connectivity index (χ2n) is 20.7. The van der Waals surface area contributed by atoms with Crippen molar-refractivity contribution < 1.29 is 91.3 Å². The highest BCUT2D eigenvalue weighted by Crippen LogP contribution is 2.30. The monoisotopic (exact) mass is 1150 g/mol. The van der Waals surface area contributed by atoms with Gasteiger partial charge in [0.05, 0.1) is 31.0 Å². The van der Waals surface area contributed by atoms with Crippen molar-refractivity contribution in [3.8, 4) is 33.8 Å². The maximum absolute atomic E-state index is 15.3. The van der Waals surface area contributed by atoms with Crippen LogP contribution in [0.2, 0.25) is 7.06 Å². The fourth-order valence-corrected chi connectivity index (χ4v) is 9.79. The summed E-state index contributed by atoms with van der Waals surface area (Å²) in [7, 11) is 0. The third-order valence-corrected chi connectivity index (χ3v) is 14.5. The van der Waals surface area contributed by atoms with E-state index in [2.05, 4.69) is 12.0 Å². The molecule has 24 nitrogen and oxygen atoms in total. The van der Waals surface area contributed by atoms with Crippen LogP contribution in [-0.2, 0) is 28.8 Å². The highest BCUT2D eigenvalue weighted by Gasteiger charge is 2.50. The number of aromatic hydroxyl groups is 1. The van der Waals surface area contributed by atoms with Crippen molar-refractivity contribution in [2.75, 3.05) is 19.7 Å². The number of phenolic OH excluding ortho intramolecular Hbond substituents is 1. The Kier molecular flexibility index (Phi) is 15.1. The highest BCUT2D eigenvalue weighted by atomic mass is 16.5. The third-order valence-electron chi connectivity index (χ3n) is 14.5. The summed E-state index contributed by atoms with van der Waals surface area (Å²) >= 11 is 0. The summed E-state index contributed by atoms with van der Waals surface area (Å²) in [6.07, 6.45) is -15.4. The van der Waals surface area contributed by atoms with Gasteiger partial charge in [0, 0.05) is 37.4 Å². The van der Waals surface area contributed by atoms with Gasteiger partial charge in [0.2, 0.25) is 46.9 Å². The van der Waals surface area contributed by atoms with E-state index in [0.29, 0.717) is 27.5 Å². The quantitative estimate of drug-likeness (QED) is 0.0399. The largest absolute Gasteiger partial charge is 0.508 e. The van der Waals surface area contributed by atoms with E-state index in [9.17, 15) is 15.2 Å². The Morgan fingerprint density at radius 1 is 0.683 bits per heavy atom. The SMILES string of the molecule is [2H]Oc1ccc([C@H](O[2H])[C@@H](O[2H])C2C(=O)N([2H])C([C@@H](C)O[2H])C(=O)N3CC(C)[C@H](O[2H])[C@H]3C(=O)N([2H])[C@H](O[2H])[C@H](O[2H])C[C@H](N([2H])C(=O)c3ccc(-c4ccc(-c5ccc(OCCCCC)cc5)cc4)cc3)C(=O)N([2H])[C@@H]([C@@H](C)O[2H])C(=O)N3C[C@H](O[2H])CC3C(=O)N2[2H])cc1. The van der Waals surface area contributed by atoms with Crippen molar-refractivity contribution in [3.05, 3.63) is 108 Å². The summed E-state index contributed by atoms with van der Waals surface area (Å²) in [6.45, 7) is 4.66. The molecule has 4 aromatic carbocycles. The van der Waals surface area contributed by atoms with Gasteiger partial charge in [-0.2, -0.15) is 0 Å². The van der Waals surface area contributed by atoms with Crippen molar-refractivity contribution >= 4 is 41.4 Å². The first kappa shape index (κ1) is 45.0. The van der Waals surface area contributed by atoms with E-state index in [4.69, 9.17) is 59.9 Å². The van der Waals surface area contributed by atoms with Crippen LogP contribution in [0.5, 0.6) is 11.5 Å². The van der Waals surface area contributed by atoms with Crippen molar-refractivity contribution in [1.82, 2.24) is 36.3 Å². The lowest BCUT2D eigenvalue weighted by atomic mass is 9.96. The van der Waals surface area contributed by atoms with E-state index in [1.54, 1.807) is 0 Å². The molecule has 3 aliphatic heterocycles. The van der Waals surface area contributed by atoms with Crippen LogP contribution in [0.1, 0.15) is 81.8 Å². The summed E-state index contributed by atoms with van der Waals surface area (Å²) in [6, 6.07) is 10.8. The molecule has 442 valence electrons. The number of unbranched alkanes of at least 4 members (excludes halogenated alkanes) is 2. The molecule has 4 unspecified atom stereocenters. The molecular formula is C58H73N7O17. The van der Waals surface area contributed by atoms with Crippen molar-refractivity contribution in [2.24, 2.45) is 5.92 Å². The number of hydrogen-bond donors (Lipinski definition) is 14. The second-order valence-corrected chi connectivity index (χ2v) is 20.7. The molecular weight excluding hydrogens is 1070 g/mol. The van der Waals surface area contributed by atoms with Gasteiger partial charge in [0.15, 0.2) is 13.3 Å². The number of benzene rings is 4. The zero-order valence-corrected chi connectivity index (χ0v) is 45.1. The van der Waals surface area contributed by atoms with Crippen LogP contribution in [0.3, 0.4) is 0 Å². The van der Waals surface area contributed by atoms with Crippen LogP contribution in [0.25, 0.3) is 22.3 Å². The molecule has 15 atom stereocenters. The second kappa shape index (κ2) is 27.5. The molecule has 0 radical (unpaired) electrons. The standard InChI is InChI=1S/C58H73N7O17/c1-5-6-7-24-82-40-22-18-35(19-23-40)33-10-8-32(9-11-33)34-12-14-37(15-13-34)51(74)59-41-26-43(70)54(77)63-56(79)47-48(71)29(2)27-65(47)58(81)45(31(4)67)61-55(78)46(50(73)49(72)36-16-20-38(68)21-17-36)62-53(76)42-25-39(69)28-64(42)57(80)44(30(3)66)60-52(41)75/h8-23,29-31,39,41-50,54,66-73,77H,5-7,24-28H2,1-4H3,(H,59,74)(H,60,75)(H,61,78)(H,62,76)(H,63,79)/t29?,30-,31-,39-,41+,42?,43-,44+,45?,46?,47+,48+,49+,50+,54-/m1/s1/i66D,67D,69D,70D,71D,72D,73D,77D/hD6. The first-order valence-electron chi connectivity index (χ1n) is 32.7. The highest BCUT2D eigenvalue weighted by molar-refractivity contribution is 6.00. The minimum absolute atomic E-state index is 0.00431. The molecule has 3 saturated heterocycles. The number of aliphatic hydroxyl groups is 8. The summed E-state index contributed by atoms with van der Waals surface area (Å²) in [5, 5.41) is 42.5. The Bertz CT molecular complexity index is 3280. The maximum atomic E-state index is 15.3. The number of aliphatic hydroxyl groups excluding tert-OH is 8. The van der Waals surface area contributed by atoms with Crippen LogP contribution < -0.4 is 31.3 Å². The van der Waals surface area contributed by atoms with E-state index in [-0.39, 0.29) is 43.4 Å². The fourth-order valence-electron chi connectivity index (χ4n) is 9.79. The number of hydrogen-bond acceptors (Lipinski definition) is 17. The molecule has 0 aliphatic carbocycles. The number of carbonyl (C=O) groups is 7. The average molecular weight is 1150 g/mol. The predicted molar refractivity (Wildman–Crippen MR) is 293 cm³/mol. The Morgan fingerprint density at radius 2 is 1.30 bits per heavy atom. The summed E-state index contributed by atoms with van der Waals surface area (Å²) < 4.78 is 124. The number of rotatable bonds is 23. The first-order chi connectivity index (χ1) is 45.9. The van der Waals surface area contributed by atoms with E-state index in [1.165, 1.54) is 43.3 Å². The number of nitrogens with one attached hydrogen (secondary N) is 5. The average Bonchev–Trinajstić information content (AvgIpc) is 1.51. The zero-order valence-electron chi connectivity index (χ0n) is 59.1. The van der Waals surface area contributed by atoms with E-state index >= 15 is 24.0 Å². The van der Waals surface area contributed by atoms with Gasteiger partial charge in [-0.05, 0) is 84.5 Å². The molecule has 7 rings (SSSR count). The molecule has 0 aromatic heterocycles. The number of ether oxygens (including phenoxy) is 1. The number of phenols is 1. The lowest BCUT2D eigenvalue weighted by molar-refractivity contribution is -0.148. The van der Waals surface area contributed by atoms with Crippen molar-refractivity contribution in [1.29, 1.82) is 12.9 Å². The lowest BCUT2D eigenvalue weighted by Gasteiger charge is -2.34. The van der Waals surface area contributed by atoms with Crippen molar-refractivity contribution in [3.63, 3.8) is 0 Å². The first-order valence-corrected chi connectivity index (χ1v) is 26.8. The molecule has 24 heteroatoms. The molecule has 0 bridgehead atoms. The van der Waals surface area contributed by atoms with E-state index < -0.39 is 158 Å². The predicted octanol–water partition coefficient (Wildman–Crippen LogP) is -0.927. The van der Waals surface area contributed by atoms with Crippen LogP contribution in [0.4, 0.5) is 0 Å². The smallest absolute Gasteiger partial charge is 0.293 e. The van der Waals surface area contributed by atoms with Gasteiger partial charge in [-0.1, -0.05) is 87.4 Å². The minimum atomic E-state index is -2.77. The number of nitrogens with zero attached hydrogens (tertiary/aromatic N) is 2. The maximum Gasteiger partial charge on any atom is 0.293 e. The fraction of sp³-hybridized carbons (Fsp3) is 0.466. The minimum Gasteiger partial charge on any atom is -0.508 e. The molecule has 3 aliphatic rings. The summed E-state index contributed by atoms with van der Waals surface area (Å²) in [4.78, 5) is 107. The van der Waals surface area contributed by atoms with Gasteiger partial charge < -0.3 is 87.1 Å². The van der Waals surface area contributed by atoms with Crippen LogP contribution in [-0.4, -0.2) is 209 Å². The van der Waals surface area contributed by atoms with Crippen LogP contribution in [0, 0.1) is 5.92 Å². The molecule has 82 heavy (non-hydrogen) atoms. The van der Waals surface area contributed by atoms with Crippen molar-refractivity contribution in [2.45, 2.75) is 145 Å². The zero-order chi connectivity index (χ0) is 70.4. The van der Waals surface area contributed by atoms with E-state index in [0.717, 1.165) is 62.1 Å². The molecule has 0 spiro atoms. The number of fused-ring (bicyclic) bond motifs is 2. The Balaban J connectivity index is 1.34. The lowest BCUT2D eigenvalue weighted by Crippen LogP contribution is -2.64. The van der Waals surface area contributed by atoms with Gasteiger partial charge in [-0.25, -0.2) is 0 Å².